The van der Waals surface area contributed by atoms with Gasteiger partial charge in [-0.1, -0.05) is 36.4 Å². The highest BCUT2D eigenvalue weighted by atomic mass is 32.1. The quantitative estimate of drug-likeness (QED) is 0.594. The lowest BCUT2D eigenvalue weighted by atomic mass is 9.92. The molecule has 0 fully saturated rings. The first-order valence-electron chi connectivity index (χ1n) is 9.67. The standard InChI is InChI=1S/C24H22N2O3S/c1-13-8-7-10-17(12-13)26-20(18-11-6-5-9-14(18)2)19(22(28)24(26)29)21(27)23-15(3)25-16(4)30-23/h5-12,20,28H,1-4H3. The van der Waals surface area contributed by atoms with Gasteiger partial charge in [-0.2, -0.15) is 0 Å². The van der Waals surface area contributed by atoms with Crippen molar-refractivity contribution in [2.24, 2.45) is 0 Å². The van der Waals surface area contributed by atoms with Crippen LogP contribution in [-0.4, -0.2) is 21.8 Å². The zero-order valence-electron chi connectivity index (χ0n) is 17.3. The number of aromatic nitrogens is 1. The SMILES string of the molecule is Cc1cccc(N2C(=O)C(O)=C(C(=O)c3sc(C)nc3C)C2c2ccccc2C)c1. The van der Waals surface area contributed by atoms with Crippen LogP contribution in [0.2, 0.25) is 0 Å². The number of ketones is 1. The number of hydrogen-bond donors (Lipinski definition) is 1. The summed E-state index contributed by atoms with van der Waals surface area (Å²) in [5, 5.41) is 11.6. The van der Waals surface area contributed by atoms with E-state index >= 15 is 0 Å². The Morgan fingerprint density at radius 2 is 1.80 bits per heavy atom. The fourth-order valence-electron chi connectivity index (χ4n) is 3.93. The largest absolute Gasteiger partial charge is 0.503 e. The van der Waals surface area contributed by atoms with Gasteiger partial charge < -0.3 is 5.11 Å². The van der Waals surface area contributed by atoms with Crippen LogP contribution in [0.15, 0.2) is 59.9 Å². The monoisotopic (exact) mass is 418 g/mol. The van der Waals surface area contributed by atoms with Gasteiger partial charge in [0.05, 0.1) is 27.2 Å². The Hall–Kier alpha value is -3.25. The number of hydrogen-bond acceptors (Lipinski definition) is 5. The lowest BCUT2D eigenvalue weighted by molar-refractivity contribution is -0.117. The van der Waals surface area contributed by atoms with Crippen LogP contribution in [0.4, 0.5) is 5.69 Å². The van der Waals surface area contributed by atoms with E-state index in [9.17, 15) is 14.7 Å². The molecular formula is C24H22N2O3S. The van der Waals surface area contributed by atoms with Gasteiger partial charge in [-0.15, -0.1) is 11.3 Å². The van der Waals surface area contributed by atoms with Crippen molar-refractivity contribution < 1.29 is 14.7 Å². The number of Topliss-reactive ketones (excluding diaryl/α,β-unsaturated/α-hetero) is 1. The molecule has 1 unspecified atom stereocenters. The molecule has 2 heterocycles. The average molecular weight is 419 g/mol. The molecule has 1 atom stereocenters. The lowest BCUT2D eigenvalue weighted by Crippen LogP contribution is -2.31. The Bertz CT molecular complexity index is 1210. The third-order valence-electron chi connectivity index (χ3n) is 5.33. The maximum Gasteiger partial charge on any atom is 0.294 e. The number of nitrogens with zero attached hydrogens (tertiary/aromatic N) is 2. The number of carbonyl (C=O) groups is 2. The van der Waals surface area contributed by atoms with E-state index in [1.54, 1.807) is 6.92 Å². The molecule has 5 nitrogen and oxygen atoms in total. The van der Waals surface area contributed by atoms with E-state index in [0.29, 0.717) is 16.3 Å². The number of amides is 1. The molecule has 30 heavy (non-hydrogen) atoms. The van der Waals surface area contributed by atoms with Crippen molar-refractivity contribution in [3.05, 3.63) is 92.1 Å². The molecule has 1 aliphatic rings. The number of thiazole rings is 1. The van der Waals surface area contributed by atoms with E-state index in [1.807, 2.05) is 69.3 Å². The van der Waals surface area contributed by atoms with Crippen LogP contribution in [0, 0.1) is 27.7 Å². The number of benzene rings is 2. The highest BCUT2D eigenvalue weighted by Gasteiger charge is 2.45. The van der Waals surface area contributed by atoms with Gasteiger partial charge in [0.25, 0.3) is 5.91 Å². The van der Waals surface area contributed by atoms with E-state index < -0.39 is 17.7 Å². The minimum atomic E-state index is -0.713. The van der Waals surface area contributed by atoms with Crippen molar-refractivity contribution >= 4 is 28.7 Å². The summed E-state index contributed by atoms with van der Waals surface area (Å²) < 4.78 is 0. The molecule has 2 aromatic carbocycles. The fourth-order valence-corrected chi connectivity index (χ4v) is 4.81. The summed E-state index contributed by atoms with van der Waals surface area (Å²) in [4.78, 5) is 33.1. The first kappa shape index (κ1) is 20.0. The Kier molecular flexibility index (Phi) is 5.03. The topological polar surface area (TPSA) is 70.5 Å². The Balaban J connectivity index is 1.93. The number of carbonyl (C=O) groups excluding carboxylic acids is 2. The fraction of sp³-hybridized carbons (Fsp3) is 0.208. The second-order valence-corrected chi connectivity index (χ2v) is 8.72. The van der Waals surface area contributed by atoms with Crippen LogP contribution in [0.1, 0.15) is 43.1 Å². The average Bonchev–Trinajstić information content (AvgIpc) is 3.17. The smallest absolute Gasteiger partial charge is 0.294 e. The second-order valence-electron chi connectivity index (χ2n) is 7.51. The number of rotatable bonds is 4. The van der Waals surface area contributed by atoms with Crippen LogP contribution in [0.25, 0.3) is 0 Å². The summed E-state index contributed by atoms with van der Waals surface area (Å²) in [7, 11) is 0. The normalized spacial score (nSPS) is 16.5. The zero-order chi connectivity index (χ0) is 21.6. The van der Waals surface area contributed by atoms with Gasteiger partial charge in [-0.3, -0.25) is 14.5 Å². The van der Waals surface area contributed by atoms with Gasteiger partial charge >= 0.3 is 0 Å². The van der Waals surface area contributed by atoms with Crippen LogP contribution in [0.5, 0.6) is 0 Å². The van der Waals surface area contributed by atoms with Crippen LogP contribution < -0.4 is 4.90 Å². The maximum absolute atomic E-state index is 13.5. The summed E-state index contributed by atoms with van der Waals surface area (Å²) in [5.41, 5.74) is 4.07. The lowest BCUT2D eigenvalue weighted by Gasteiger charge is -2.28. The zero-order valence-corrected chi connectivity index (χ0v) is 18.1. The molecule has 1 amide bonds. The van der Waals surface area contributed by atoms with Gasteiger partial charge in [0.15, 0.2) is 5.76 Å². The second kappa shape index (κ2) is 7.54. The predicted molar refractivity (Wildman–Crippen MR) is 118 cm³/mol. The van der Waals surface area contributed by atoms with Gasteiger partial charge in [0.2, 0.25) is 5.78 Å². The molecule has 3 aromatic rings. The molecular weight excluding hydrogens is 396 g/mol. The van der Waals surface area contributed by atoms with Crippen LogP contribution in [0.3, 0.4) is 0 Å². The summed E-state index contributed by atoms with van der Waals surface area (Å²) in [5.74, 6) is -1.43. The van der Waals surface area contributed by atoms with E-state index in [1.165, 1.54) is 16.2 Å². The molecule has 6 heteroatoms. The third-order valence-corrected chi connectivity index (χ3v) is 6.40. The van der Waals surface area contributed by atoms with Crippen molar-refractivity contribution in [3.8, 4) is 0 Å². The van der Waals surface area contributed by atoms with E-state index in [2.05, 4.69) is 4.98 Å². The minimum Gasteiger partial charge on any atom is -0.503 e. The van der Waals surface area contributed by atoms with Crippen molar-refractivity contribution in [3.63, 3.8) is 0 Å². The predicted octanol–water partition coefficient (Wildman–Crippen LogP) is 5.16. The van der Waals surface area contributed by atoms with Crippen molar-refractivity contribution in [1.29, 1.82) is 0 Å². The highest BCUT2D eigenvalue weighted by Crippen LogP contribution is 2.43. The molecule has 0 saturated carbocycles. The minimum absolute atomic E-state index is 0.0996. The number of aryl methyl sites for hydroxylation is 4. The number of aliphatic hydroxyl groups is 1. The molecule has 0 spiro atoms. The first-order chi connectivity index (χ1) is 14.3. The van der Waals surface area contributed by atoms with Crippen molar-refractivity contribution in [2.45, 2.75) is 33.7 Å². The van der Waals surface area contributed by atoms with Crippen LogP contribution >= 0.6 is 11.3 Å². The molecule has 1 N–H and O–H groups in total. The Morgan fingerprint density at radius 3 is 2.43 bits per heavy atom. The van der Waals surface area contributed by atoms with Gasteiger partial charge in [0.1, 0.15) is 0 Å². The summed E-state index contributed by atoms with van der Waals surface area (Å²) in [6.07, 6.45) is 0. The van der Waals surface area contributed by atoms with Gasteiger partial charge in [0, 0.05) is 5.69 Å². The molecule has 4 rings (SSSR count). The van der Waals surface area contributed by atoms with Crippen LogP contribution in [-0.2, 0) is 4.79 Å². The van der Waals surface area contributed by atoms with E-state index in [-0.39, 0.29) is 11.4 Å². The van der Waals surface area contributed by atoms with Crippen molar-refractivity contribution in [2.75, 3.05) is 4.90 Å². The number of aliphatic hydroxyl groups excluding tert-OH is 1. The Labute approximate surface area is 179 Å². The van der Waals surface area contributed by atoms with Crippen molar-refractivity contribution in [1.82, 2.24) is 4.98 Å². The number of anilines is 1. The maximum atomic E-state index is 13.5. The third kappa shape index (κ3) is 3.23. The molecule has 1 aromatic heterocycles. The molecule has 0 aliphatic carbocycles. The molecule has 0 saturated heterocycles. The Morgan fingerprint density at radius 1 is 1.07 bits per heavy atom. The van der Waals surface area contributed by atoms with E-state index in [0.717, 1.165) is 21.7 Å². The molecule has 1 aliphatic heterocycles. The first-order valence-corrected chi connectivity index (χ1v) is 10.5. The highest BCUT2D eigenvalue weighted by molar-refractivity contribution is 7.14. The summed E-state index contributed by atoms with van der Waals surface area (Å²) >= 11 is 1.28. The molecule has 0 bridgehead atoms. The van der Waals surface area contributed by atoms with E-state index in [4.69, 9.17) is 0 Å². The summed E-state index contributed by atoms with van der Waals surface area (Å²) in [6, 6.07) is 14.4. The van der Waals surface area contributed by atoms with Gasteiger partial charge in [-0.25, -0.2) is 4.98 Å². The van der Waals surface area contributed by atoms with Gasteiger partial charge in [-0.05, 0) is 56.5 Å². The molecule has 152 valence electrons. The summed E-state index contributed by atoms with van der Waals surface area (Å²) in [6.45, 7) is 7.48. The molecule has 0 radical (unpaired) electrons.